The molecule has 3 aromatic carbocycles. The summed E-state index contributed by atoms with van der Waals surface area (Å²) in [7, 11) is 1.49. The first kappa shape index (κ1) is 25.0. The summed E-state index contributed by atoms with van der Waals surface area (Å²) in [5.74, 6) is -0.212. The molecule has 3 aromatic rings. The van der Waals surface area contributed by atoms with Gasteiger partial charge in [0.2, 0.25) is 0 Å². The maximum Gasteiger partial charge on any atom is 0.329 e. The molecule has 0 atom stereocenters. The number of carbonyl (C=O) groups is 2. The summed E-state index contributed by atoms with van der Waals surface area (Å²) in [6.45, 7) is -0.00199. The van der Waals surface area contributed by atoms with Gasteiger partial charge in [0, 0.05) is 25.6 Å². The molecule has 1 heterocycles. The van der Waals surface area contributed by atoms with E-state index in [1.807, 2.05) is 0 Å². The van der Waals surface area contributed by atoms with Crippen LogP contribution in [0.1, 0.15) is 16.7 Å². The third kappa shape index (κ3) is 5.61. The number of ether oxygens (including phenoxy) is 2. The molecule has 0 saturated carbocycles. The molecule has 6 nitrogen and oxygen atoms in total. The Morgan fingerprint density at radius 1 is 1.06 bits per heavy atom. The lowest BCUT2D eigenvalue weighted by atomic mass is 10.1. The second-order valence-electron chi connectivity index (χ2n) is 7.52. The van der Waals surface area contributed by atoms with E-state index in [-0.39, 0.29) is 24.4 Å². The summed E-state index contributed by atoms with van der Waals surface area (Å²) in [6, 6.07) is 13.8. The van der Waals surface area contributed by atoms with E-state index in [1.165, 1.54) is 25.3 Å². The fraction of sp³-hybridized carbons (Fsp3) is 0.120. The molecule has 3 amide bonds. The molecule has 0 unspecified atom stereocenters. The Morgan fingerprint density at radius 3 is 2.54 bits per heavy atom. The Hall–Kier alpha value is -3.07. The van der Waals surface area contributed by atoms with Crippen LogP contribution < -0.4 is 14.8 Å². The highest BCUT2D eigenvalue weighted by molar-refractivity contribution is 9.10. The van der Waals surface area contributed by atoms with Crippen LogP contribution in [0.3, 0.4) is 0 Å². The molecule has 180 valence electrons. The van der Waals surface area contributed by atoms with Crippen LogP contribution >= 0.6 is 39.1 Å². The molecule has 35 heavy (non-hydrogen) atoms. The van der Waals surface area contributed by atoms with Crippen LogP contribution in [0.25, 0.3) is 6.08 Å². The lowest BCUT2D eigenvalue weighted by Gasteiger charge is -2.14. The summed E-state index contributed by atoms with van der Waals surface area (Å²) in [4.78, 5) is 26.2. The third-order valence-electron chi connectivity index (χ3n) is 5.23. The Kier molecular flexibility index (Phi) is 7.64. The molecule has 1 aliphatic rings. The fourth-order valence-electron chi connectivity index (χ4n) is 3.40. The van der Waals surface area contributed by atoms with Crippen molar-refractivity contribution in [2.45, 2.75) is 13.2 Å². The zero-order valence-corrected chi connectivity index (χ0v) is 21.4. The van der Waals surface area contributed by atoms with Crippen LogP contribution in [0.5, 0.6) is 11.5 Å². The molecule has 4 rings (SSSR count). The van der Waals surface area contributed by atoms with Crippen molar-refractivity contribution in [2.24, 2.45) is 0 Å². The van der Waals surface area contributed by atoms with E-state index in [0.717, 1.165) is 10.5 Å². The molecular formula is C25H18BrCl2FN2O4. The predicted octanol–water partition coefficient (Wildman–Crippen LogP) is 6.58. The number of nitrogens with zero attached hydrogens (tertiary/aromatic N) is 1. The average Bonchev–Trinajstić information content (AvgIpc) is 3.08. The number of benzene rings is 3. The summed E-state index contributed by atoms with van der Waals surface area (Å²) in [5, 5.41) is 3.54. The minimum absolute atomic E-state index is 0.0516. The van der Waals surface area contributed by atoms with Gasteiger partial charge in [-0.2, -0.15) is 0 Å². The first-order chi connectivity index (χ1) is 16.8. The molecule has 0 aliphatic carbocycles. The second-order valence-corrected chi connectivity index (χ2v) is 9.22. The molecule has 1 saturated heterocycles. The highest BCUT2D eigenvalue weighted by atomic mass is 79.9. The van der Waals surface area contributed by atoms with Crippen molar-refractivity contribution in [1.82, 2.24) is 10.2 Å². The molecule has 10 heteroatoms. The van der Waals surface area contributed by atoms with Crippen molar-refractivity contribution in [1.29, 1.82) is 0 Å². The fourth-order valence-corrected chi connectivity index (χ4v) is 4.30. The lowest BCUT2D eigenvalue weighted by Crippen LogP contribution is -2.30. The van der Waals surface area contributed by atoms with Gasteiger partial charge in [-0.25, -0.2) is 9.18 Å². The topological polar surface area (TPSA) is 67.9 Å². The summed E-state index contributed by atoms with van der Waals surface area (Å²) in [5.41, 5.74) is 1.60. The SMILES string of the molecule is COc1cc(/C=C2/NC(=O)N(Cc3ccccc3F)C2=O)c(Br)cc1OCc1ccc(Cl)cc1Cl. The van der Waals surface area contributed by atoms with Gasteiger partial charge in [-0.3, -0.25) is 9.69 Å². The molecule has 1 N–H and O–H groups in total. The highest BCUT2D eigenvalue weighted by Crippen LogP contribution is 2.36. The van der Waals surface area contributed by atoms with Crippen molar-refractivity contribution < 1.29 is 23.5 Å². The Labute approximate surface area is 219 Å². The number of hydrogen-bond donors (Lipinski definition) is 1. The molecular weight excluding hydrogens is 562 g/mol. The number of halogens is 4. The molecule has 0 spiro atoms. The summed E-state index contributed by atoms with van der Waals surface area (Å²) >= 11 is 15.6. The number of imide groups is 1. The van der Waals surface area contributed by atoms with Crippen LogP contribution in [0, 0.1) is 5.82 Å². The van der Waals surface area contributed by atoms with Crippen molar-refractivity contribution in [2.75, 3.05) is 7.11 Å². The lowest BCUT2D eigenvalue weighted by molar-refractivity contribution is -0.123. The number of urea groups is 1. The van der Waals surface area contributed by atoms with E-state index in [1.54, 1.807) is 42.5 Å². The van der Waals surface area contributed by atoms with Crippen LogP contribution in [-0.4, -0.2) is 23.9 Å². The Morgan fingerprint density at radius 2 is 1.83 bits per heavy atom. The molecule has 0 aromatic heterocycles. The molecule has 0 radical (unpaired) electrons. The number of carbonyl (C=O) groups excluding carboxylic acids is 2. The Balaban J connectivity index is 1.55. The van der Waals surface area contributed by atoms with E-state index in [2.05, 4.69) is 21.2 Å². The van der Waals surface area contributed by atoms with Crippen molar-refractivity contribution in [3.8, 4) is 11.5 Å². The van der Waals surface area contributed by atoms with Crippen molar-refractivity contribution in [3.63, 3.8) is 0 Å². The number of methoxy groups -OCH3 is 1. The number of hydrogen-bond acceptors (Lipinski definition) is 4. The minimum Gasteiger partial charge on any atom is -0.493 e. The highest BCUT2D eigenvalue weighted by Gasteiger charge is 2.34. The number of nitrogens with one attached hydrogen (secondary N) is 1. The van der Waals surface area contributed by atoms with Crippen molar-refractivity contribution >= 4 is 57.1 Å². The van der Waals surface area contributed by atoms with E-state index < -0.39 is 17.8 Å². The van der Waals surface area contributed by atoms with Gasteiger partial charge in [-0.1, -0.05) is 63.4 Å². The third-order valence-corrected chi connectivity index (χ3v) is 6.50. The van der Waals surface area contributed by atoms with Gasteiger partial charge in [-0.05, 0) is 42.0 Å². The summed E-state index contributed by atoms with van der Waals surface area (Å²) < 4.78 is 25.9. The maximum atomic E-state index is 14.0. The number of rotatable bonds is 7. The van der Waals surface area contributed by atoms with Gasteiger partial charge in [0.1, 0.15) is 18.1 Å². The largest absolute Gasteiger partial charge is 0.493 e. The maximum absolute atomic E-state index is 14.0. The van der Waals surface area contributed by atoms with Crippen LogP contribution in [-0.2, 0) is 17.9 Å². The molecule has 1 fully saturated rings. The minimum atomic E-state index is -0.632. The van der Waals surface area contributed by atoms with Crippen molar-refractivity contribution in [3.05, 3.63) is 97.3 Å². The van der Waals surface area contributed by atoms with Gasteiger partial charge in [-0.15, -0.1) is 0 Å². The number of amides is 3. The van der Waals surface area contributed by atoms with Gasteiger partial charge in [0.05, 0.1) is 13.7 Å². The van der Waals surface area contributed by atoms with Gasteiger partial charge in [0.15, 0.2) is 11.5 Å². The van der Waals surface area contributed by atoms with Crippen LogP contribution in [0.4, 0.5) is 9.18 Å². The Bertz CT molecular complexity index is 1350. The zero-order valence-electron chi connectivity index (χ0n) is 18.3. The average molecular weight is 580 g/mol. The predicted molar refractivity (Wildman–Crippen MR) is 135 cm³/mol. The zero-order chi connectivity index (χ0) is 25.1. The van der Waals surface area contributed by atoms with E-state index in [0.29, 0.717) is 31.6 Å². The van der Waals surface area contributed by atoms with Gasteiger partial charge >= 0.3 is 6.03 Å². The normalized spacial score (nSPS) is 14.4. The van der Waals surface area contributed by atoms with Gasteiger partial charge < -0.3 is 14.8 Å². The molecule has 1 aliphatic heterocycles. The quantitative estimate of drug-likeness (QED) is 0.254. The first-order valence-corrected chi connectivity index (χ1v) is 11.8. The smallest absolute Gasteiger partial charge is 0.329 e. The molecule has 0 bridgehead atoms. The van der Waals surface area contributed by atoms with E-state index >= 15 is 0 Å². The first-order valence-electron chi connectivity index (χ1n) is 10.3. The van der Waals surface area contributed by atoms with Gasteiger partial charge in [0.25, 0.3) is 5.91 Å². The van der Waals surface area contributed by atoms with E-state index in [9.17, 15) is 14.0 Å². The monoisotopic (exact) mass is 578 g/mol. The van der Waals surface area contributed by atoms with Crippen LogP contribution in [0.2, 0.25) is 10.0 Å². The van der Waals surface area contributed by atoms with Crippen LogP contribution in [0.15, 0.2) is 64.8 Å². The summed E-state index contributed by atoms with van der Waals surface area (Å²) in [6.07, 6.45) is 1.51. The standard InChI is InChI=1S/C25H18BrCl2FN2O4/c1-34-22-9-16(18(26)11-23(22)35-13-15-6-7-17(27)10-19(15)28)8-21-24(32)31(25(33)30-21)12-14-4-2-3-5-20(14)29/h2-11H,12-13H2,1H3,(H,30,33)/b21-8+. The van der Waals surface area contributed by atoms with E-state index in [4.69, 9.17) is 32.7 Å². The second kappa shape index (κ2) is 10.7.